The first-order valence-electron chi connectivity index (χ1n) is 8.41. The average molecular weight is 322 g/mol. The molecule has 7 heteroatoms. The first-order valence-corrected chi connectivity index (χ1v) is 8.41. The zero-order valence-corrected chi connectivity index (χ0v) is 13.3. The maximum Gasteiger partial charge on any atom is 0.318 e. The molecule has 2 aromatic heterocycles. The van der Waals surface area contributed by atoms with E-state index in [1.807, 2.05) is 24.3 Å². The van der Waals surface area contributed by atoms with Crippen molar-refractivity contribution in [3.05, 3.63) is 30.5 Å². The fourth-order valence-electron chi connectivity index (χ4n) is 3.64. The molecule has 3 fully saturated rings. The SMILES string of the molecule is c1ccc2nc(-c3nnc(N4CCN5CCC4CC5)o3)ncc2c1. The van der Waals surface area contributed by atoms with Crippen LogP contribution < -0.4 is 4.90 Å². The van der Waals surface area contributed by atoms with Gasteiger partial charge in [-0.2, -0.15) is 0 Å². The van der Waals surface area contributed by atoms with Gasteiger partial charge < -0.3 is 14.2 Å². The van der Waals surface area contributed by atoms with Crippen molar-refractivity contribution in [2.75, 3.05) is 31.1 Å². The molecule has 0 radical (unpaired) electrons. The molecule has 0 amide bonds. The lowest BCUT2D eigenvalue weighted by molar-refractivity contribution is 0.249. The van der Waals surface area contributed by atoms with Crippen molar-refractivity contribution in [3.8, 4) is 11.7 Å². The number of para-hydroxylation sites is 1. The zero-order valence-electron chi connectivity index (χ0n) is 13.3. The second kappa shape index (κ2) is 5.52. The van der Waals surface area contributed by atoms with Crippen LogP contribution in [0.4, 0.5) is 6.01 Å². The number of piperidine rings is 1. The van der Waals surface area contributed by atoms with Gasteiger partial charge in [0.2, 0.25) is 5.82 Å². The highest BCUT2D eigenvalue weighted by Crippen LogP contribution is 2.27. The summed E-state index contributed by atoms with van der Waals surface area (Å²) >= 11 is 0. The molecule has 0 aliphatic carbocycles. The summed E-state index contributed by atoms with van der Waals surface area (Å²) in [5.41, 5.74) is 0.878. The molecule has 0 unspecified atom stereocenters. The van der Waals surface area contributed by atoms with E-state index in [4.69, 9.17) is 4.42 Å². The number of hydrogen-bond acceptors (Lipinski definition) is 7. The number of anilines is 1. The molecular formula is C17H18N6O. The van der Waals surface area contributed by atoms with Crippen LogP contribution in [0.5, 0.6) is 0 Å². The van der Waals surface area contributed by atoms with Crippen molar-refractivity contribution < 1.29 is 4.42 Å². The summed E-state index contributed by atoms with van der Waals surface area (Å²) in [4.78, 5) is 13.7. The number of aromatic nitrogens is 4. The maximum atomic E-state index is 5.92. The average Bonchev–Trinajstić information content (AvgIpc) is 2.94. The number of nitrogens with zero attached hydrogens (tertiary/aromatic N) is 6. The predicted octanol–water partition coefficient (Wildman–Crippen LogP) is 1.96. The topological polar surface area (TPSA) is 71.2 Å². The van der Waals surface area contributed by atoms with Crippen LogP contribution >= 0.6 is 0 Å². The monoisotopic (exact) mass is 322 g/mol. The van der Waals surface area contributed by atoms with E-state index in [-0.39, 0.29) is 0 Å². The lowest BCUT2D eigenvalue weighted by Gasteiger charge is -2.29. The second-order valence-corrected chi connectivity index (χ2v) is 6.41. The van der Waals surface area contributed by atoms with E-state index in [1.165, 1.54) is 0 Å². The van der Waals surface area contributed by atoms with E-state index in [9.17, 15) is 0 Å². The lowest BCUT2D eigenvalue weighted by Crippen LogP contribution is -2.38. The van der Waals surface area contributed by atoms with Gasteiger partial charge in [0.15, 0.2) is 0 Å². The Bertz CT molecular complexity index is 870. The van der Waals surface area contributed by atoms with E-state index >= 15 is 0 Å². The van der Waals surface area contributed by atoms with Gasteiger partial charge >= 0.3 is 6.01 Å². The Kier molecular flexibility index (Phi) is 3.19. The van der Waals surface area contributed by atoms with Crippen LogP contribution in [-0.4, -0.2) is 57.3 Å². The van der Waals surface area contributed by atoms with Gasteiger partial charge in [0.1, 0.15) is 0 Å². The molecule has 3 saturated heterocycles. The van der Waals surface area contributed by atoms with Crippen LogP contribution in [0.3, 0.4) is 0 Å². The lowest BCUT2D eigenvalue weighted by atomic mass is 10.1. The molecule has 3 aliphatic rings. The third kappa shape index (κ3) is 2.32. The number of fused-ring (bicyclic) bond motifs is 5. The third-order valence-electron chi connectivity index (χ3n) is 5.00. The Morgan fingerprint density at radius 3 is 2.79 bits per heavy atom. The molecule has 7 nitrogen and oxygen atoms in total. The Morgan fingerprint density at radius 2 is 1.88 bits per heavy atom. The molecule has 3 aliphatic heterocycles. The standard InChI is InChI=1S/C17H18N6O/c1-2-4-14-12(3-1)11-18-15(19-14)16-20-21-17(24-16)23-10-9-22-7-5-13(23)6-8-22/h1-4,11,13H,5-10H2. The van der Waals surface area contributed by atoms with Gasteiger partial charge in [-0.25, -0.2) is 9.97 Å². The van der Waals surface area contributed by atoms with E-state index in [2.05, 4.69) is 30.0 Å². The summed E-state index contributed by atoms with van der Waals surface area (Å²) in [6.07, 6.45) is 4.11. The van der Waals surface area contributed by atoms with Crippen molar-refractivity contribution >= 4 is 16.9 Å². The molecule has 3 aromatic rings. The van der Waals surface area contributed by atoms with Crippen LogP contribution in [0.25, 0.3) is 22.6 Å². The summed E-state index contributed by atoms with van der Waals surface area (Å²) in [6, 6.07) is 8.97. The number of benzene rings is 1. The fourth-order valence-corrected chi connectivity index (χ4v) is 3.64. The molecule has 0 spiro atoms. The smallest absolute Gasteiger partial charge is 0.318 e. The Labute approximate surface area is 139 Å². The highest BCUT2D eigenvalue weighted by atomic mass is 16.4. The quantitative estimate of drug-likeness (QED) is 0.714. The summed E-state index contributed by atoms with van der Waals surface area (Å²) < 4.78 is 5.92. The first-order chi connectivity index (χ1) is 11.9. The molecule has 24 heavy (non-hydrogen) atoms. The highest BCUT2D eigenvalue weighted by Gasteiger charge is 2.32. The van der Waals surface area contributed by atoms with Gasteiger partial charge in [0.25, 0.3) is 5.89 Å². The Hall–Kier alpha value is -2.54. The molecule has 0 N–H and O–H groups in total. The summed E-state index contributed by atoms with van der Waals surface area (Å²) in [5, 5.41) is 9.45. The Morgan fingerprint density at radius 1 is 1.00 bits per heavy atom. The van der Waals surface area contributed by atoms with Crippen LogP contribution in [0.2, 0.25) is 0 Å². The normalized spacial score (nSPS) is 23.6. The van der Waals surface area contributed by atoms with E-state index < -0.39 is 0 Å². The van der Waals surface area contributed by atoms with Gasteiger partial charge in [-0.05, 0) is 18.9 Å². The van der Waals surface area contributed by atoms with Crippen molar-refractivity contribution in [2.24, 2.45) is 0 Å². The molecular weight excluding hydrogens is 304 g/mol. The van der Waals surface area contributed by atoms with Crippen LogP contribution in [-0.2, 0) is 0 Å². The number of rotatable bonds is 2. The second-order valence-electron chi connectivity index (χ2n) is 6.41. The maximum absolute atomic E-state index is 5.92. The van der Waals surface area contributed by atoms with E-state index in [0.29, 0.717) is 23.8 Å². The Balaban J connectivity index is 1.47. The minimum absolute atomic E-state index is 0.384. The van der Waals surface area contributed by atoms with Gasteiger partial charge in [-0.15, -0.1) is 5.10 Å². The zero-order chi connectivity index (χ0) is 15.9. The largest absolute Gasteiger partial charge is 0.400 e. The number of hydrogen-bond donors (Lipinski definition) is 0. The summed E-state index contributed by atoms with van der Waals surface area (Å²) in [7, 11) is 0. The summed E-state index contributed by atoms with van der Waals surface area (Å²) in [5.74, 6) is 0.866. The highest BCUT2D eigenvalue weighted by molar-refractivity contribution is 5.78. The van der Waals surface area contributed by atoms with Crippen molar-refractivity contribution in [3.63, 3.8) is 0 Å². The van der Waals surface area contributed by atoms with E-state index in [0.717, 1.165) is 49.9 Å². The predicted molar refractivity (Wildman–Crippen MR) is 89.6 cm³/mol. The first kappa shape index (κ1) is 13.9. The van der Waals surface area contributed by atoms with Crippen LogP contribution in [0.1, 0.15) is 12.8 Å². The van der Waals surface area contributed by atoms with Gasteiger partial charge in [-0.1, -0.05) is 23.3 Å². The van der Waals surface area contributed by atoms with E-state index in [1.54, 1.807) is 6.20 Å². The van der Waals surface area contributed by atoms with Crippen LogP contribution in [0, 0.1) is 0 Å². The molecule has 0 atom stereocenters. The molecule has 1 aromatic carbocycles. The fraction of sp³-hybridized carbons (Fsp3) is 0.412. The van der Waals surface area contributed by atoms with Gasteiger partial charge in [0.05, 0.1) is 5.52 Å². The minimum Gasteiger partial charge on any atom is -0.400 e. The van der Waals surface area contributed by atoms with Crippen molar-refractivity contribution in [2.45, 2.75) is 18.9 Å². The van der Waals surface area contributed by atoms with Crippen LogP contribution in [0.15, 0.2) is 34.9 Å². The molecule has 122 valence electrons. The molecule has 5 heterocycles. The summed E-state index contributed by atoms with van der Waals surface area (Å²) in [6.45, 7) is 4.32. The minimum atomic E-state index is 0.384. The molecule has 2 bridgehead atoms. The van der Waals surface area contributed by atoms with Gasteiger partial charge in [0, 0.05) is 43.8 Å². The molecule has 6 rings (SSSR count). The third-order valence-corrected chi connectivity index (χ3v) is 5.00. The van der Waals surface area contributed by atoms with Crippen molar-refractivity contribution in [1.82, 2.24) is 25.1 Å². The van der Waals surface area contributed by atoms with Gasteiger partial charge in [-0.3, -0.25) is 0 Å². The van der Waals surface area contributed by atoms with Crippen molar-refractivity contribution in [1.29, 1.82) is 0 Å². The molecule has 0 saturated carbocycles.